The smallest absolute Gasteiger partial charge is 0.161 e. The third kappa shape index (κ3) is 5.48. The average molecular weight is 416 g/mol. The van der Waals surface area contributed by atoms with E-state index in [1.165, 1.54) is 0 Å². The predicted molar refractivity (Wildman–Crippen MR) is 132 cm³/mol. The highest BCUT2D eigenvalue weighted by Crippen LogP contribution is 2.31. The molecule has 0 amide bonds. The Morgan fingerprint density at radius 2 is 2.06 bits per heavy atom. The molecule has 0 atom stereocenters. The molecule has 1 aliphatic rings. The Morgan fingerprint density at radius 3 is 2.68 bits per heavy atom. The summed E-state index contributed by atoms with van der Waals surface area (Å²) in [6.45, 7) is 8.24. The number of nitrogens with one attached hydrogen (secondary N) is 1. The van der Waals surface area contributed by atoms with Gasteiger partial charge < -0.3 is 10.2 Å². The first kappa shape index (κ1) is 22.5. The molecule has 3 rings (SSSR count). The van der Waals surface area contributed by atoms with Crippen molar-refractivity contribution in [2.24, 2.45) is 10.9 Å². The number of benzene rings is 1. The van der Waals surface area contributed by atoms with Gasteiger partial charge in [0.25, 0.3) is 0 Å². The number of aromatic nitrogens is 2. The maximum Gasteiger partial charge on any atom is 0.161 e. The number of anilines is 1. The molecule has 5 nitrogen and oxygen atoms in total. The fourth-order valence-corrected chi connectivity index (χ4v) is 3.84. The Hall–Kier alpha value is -3.21. The highest BCUT2D eigenvalue weighted by Gasteiger charge is 2.26. The summed E-state index contributed by atoms with van der Waals surface area (Å²) in [5.41, 5.74) is 4.92. The van der Waals surface area contributed by atoms with Crippen molar-refractivity contribution in [3.05, 3.63) is 72.6 Å². The van der Waals surface area contributed by atoms with Crippen molar-refractivity contribution in [3.8, 4) is 11.4 Å². The van der Waals surface area contributed by atoms with E-state index >= 15 is 0 Å². The standard InChI is InChI=1S/C26H33N5/c1-7-10-24(27-4)23-16-28-25(30-26(23)29-22-13-18(3)14-22)21-12-9-11-20(15-21)19(8-2)17-31(5)6/h7-12,15-18,22H,2,13-14H2,1,3-6H3,(H,28,29,30)/b10-7-,19-17+,27-24?. The molecule has 1 heterocycles. The molecule has 5 heteroatoms. The number of rotatable bonds is 8. The molecule has 1 aliphatic carbocycles. The van der Waals surface area contributed by atoms with Gasteiger partial charge >= 0.3 is 0 Å². The molecule has 0 spiro atoms. The molecular weight excluding hydrogens is 382 g/mol. The van der Waals surface area contributed by atoms with Crippen LogP contribution in [0, 0.1) is 5.92 Å². The van der Waals surface area contributed by atoms with Gasteiger partial charge in [0.15, 0.2) is 5.82 Å². The van der Waals surface area contributed by atoms with Gasteiger partial charge in [-0.15, -0.1) is 0 Å². The zero-order valence-electron chi connectivity index (χ0n) is 19.3. The van der Waals surface area contributed by atoms with E-state index in [1.54, 1.807) is 7.05 Å². The fourth-order valence-electron chi connectivity index (χ4n) is 3.84. The molecule has 0 saturated heterocycles. The molecule has 1 N–H and O–H groups in total. The summed E-state index contributed by atoms with van der Waals surface area (Å²) >= 11 is 0. The highest BCUT2D eigenvalue weighted by atomic mass is 15.1. The quantitative estimate of drug-likeness (QED) is 0.461. The van der Waals surface area contributed by atoms with Gasteiger partial charge in [-0.05, 0) is 49.0 Å². The summed E-state index contributed by atoms with van der Waals surface area (Å²) in [5.74, 6) is 2.30. The van der Waals surface area contributed by atoms with Crippen LogP contribution in [0.25, 0.3) is 17.0 Å². The molecule has 0 bridgehead atoms. The first-order valence-corrected chi connectivity index (χ1v) is 10.8. The van der Waals surface area contributed by atoms with Gasteiger partial charge in [0.1, 0.15) is 5.82 Å². The number of nitrogens with zero attached hydrogens (tertiary/aromatic N) is 4. The number of hydrogen-bond acceptors (Lipinski definition) is 5. The minimum atomic E-state index is 0.446. The maximum absolute atomic E-state index is 4.94. The van der Waals surface area contributed by atoms with Crippen LogP contribution in [0.2, 0.25) is 0 Å². The molecule has 1 fully saturated rings. The maximum atomic E-state index is 4.94. The lowest BCUT2D eigenvalue weighted by Gasteiger charge is -2.34. The van der Waals surface area contributed by atoms with Crippen LogP contribution in [-0.4, -0.2) is 47.8 Å². The lowest BCUT2D eigenvalue weighted by molar-refractivity contribution is 0.308. The van der Waals surface area contributed by atoms with Crippen LogP contribution in [0.3, 0.4) is 0 Å². The zero-order valence-corrected chi connectivity index (χ0v) is 19.3. The molecule has 0 unspecified atom stereocenters. The van der Waals surface area contributed by atoms with Crippen LogP contribution < -0.4 is 5.32 Å². The first-order valence-electron chi connectivity index (χ1n) is 10.8. The molecule has 0 radical (unpaired) electrons. The van der Waals surface area contributed by atoms with Crippen molar-refractivity contribution < 1.29 is 0 Å². The van der Waals surface area contributed by atoms with E-state index in [9.17, 15) is 0 Å². The Morgan fingerprint density at radius 1 is 1.29 bits per heavy atom. The number of hydrogen-bond donors (Lipinski definition) is 1. The van der Waals surface area contributed by atoms with Crippen molar-refractivity contribution in [3.63, 3.8) is 0 Å². The summed E-state index contributed by atoms with van der Waals surface area (Å²) in [6.07, 6.45) is 12.1. The van der Waals surface area contributed by atoms with Crippen molar-refractivity contribution in [2.45, 2.75) is 32.7 Å². The minimum absolute atomic E-state index is 0.446. The van der Waals surface area contributed by atoms with Gasteiger partial charge in [0.05, 0.1) is 11.3 Å². The van der Waals surface area contributed by atoms with Gasteiger partial charge in [-0.3, -0.25) is 4.99 Å². The predicted octanol–water partition coefficient (Wildman–Crippen LogP) is 5.44. The van der Waals surface area contributed by atoms with E-state index in [-0.39, 0.29) is 0 Å². The Balaban J connectivity index is 2.02. The van der Waals surface area contributed by atoms with E-state index in [2.05, 4.69) is 42.1 Å². The van der Waals surface area contributed by atoms with Crippen LogP contribution in [0.1, 0.15) is 37.8 Å². The van der Waals surface area contributed by atoms with Gasteiger partial charge in [-0.25, -0.2) is 9.97 Å². The summed E-state index contributed by atoms with van der Waals surface area (Å²) in [4.78, 5) is 16.1. The van der Waals surface area contributed by atoms with E-state index in [4.69, 9.17) is 9.97 Å². The van der Waals surface area contributed by atoms with Crippen LogP contribution in [0.4, 0.5) is 5.82 Å². The lowest BCUT2D eigenvalue weighted by atomic mass is 9.82. The second-order valence-electron chi connectivity index (χ2n) is 8.32. The van der Waals surface area contributed by atoms with Gasteiger partial charge in [0.2, 0.25) is 0 Å². The molecule has 2 aromatic rings. The van der Waals surface area contributed by atoms with Gasteiger partial charge in [-0.1, -0.05) is 43.9 Å². The Bertz CT molecular complexity index is 1010. The van der Waals surface area contributed by atoms with E-state index in [0.717, 1.165) is 52.6 Å². The summed E-state index contributed by atoms with van der Waals surface area (Å²) in [5, 5.41) is 3.64. The normalized spacial score (nSPS) is 19.3. The summed E-state index contributed by atoms with van der Waals surface area (Å²) in [6, 6.07) is 8.72. The van der Waals surface area contributed by atoms with Crippen molar-refractivity contribution >= 4 is 17.1 Å². The summed E-state index contributed by atoms with van der Waals surface area (Å²) in [7, 11) is 5.81. The van der Waals surface area contributed by atoms with Crippen LogP contribution in [0.5, 0.6) is 0 Å². The molecule has 1 saturated carbocycles. The summed E-state index contributed by atoms with van der Waals surface area (Å²) < 4.78 is 0. The molecule has 0 aliphatic heterocycles. The van der Waals surface area contributed by atoms with E-state index < -0.39 is 0 Å². The van der Waals surface area contributed by atoms with Gasteiger partial charge in [0, 0.05) is 45.1 Å². The second kappa shape index (κ2) is 10.2. The molecule has 1 aromatic carbocycles. The van der Waals surface area contributed by atoms with Crippen molar-refractivity contribution in [1.29, 1.82) is 0 Å². The van der Waals surface area contributed by atoms with Crippen LogP contribution in [0.15, 0.2) is 66.5 Å². The Labute approximate surface area is 186 Å². The monoisotopic (exact) mass is 415 g/mol. The second-order valence-corrected chi connectivity index (χ2v) is 8.32. The van der Waals surface area contributed by atoms with Crippen molar-refractivity contribution in [1.82, 2.24) is 14.9 Å². The molecule has 1 aromatic heterocycles. The number of aliphatic imine (C=N–C) groups is 1. The third-order valence-corrected chi connectivity index (χ3v) is 5.42. The fraction of sp³-hybridized carbons (Fsp3) is 0.346. The van der Waals surface area contributed by atoms with Crippen LogP contribution in [-0.2, 0) is 0 Å². The lowest BCUT2D eigenvalue weighted by Crippen LogP contribution is -2.34. The topological polar surface area (TPSA) is 53.4 Å². The molecule has 31 heavy (non-hydrogen) atoms. The molecular formula is C26H33N5. The van der Waals surface area contributed by atoms with Crippen molar-refractivity contribution in [2.75, 3.05) is 26.5 Å². The Kier molecular flexibility index (Phi) is 7.40. The van der Waals surface area contributed by atoms with E-state index in [0.29, 0.717) is 11.9 Å². The average Bonchev–Trinajstić information content (AvgIpc) is 2.75. The minimum Gasteiger partial charge on any atom is -0.383 e. The number of allylic oxidation sites excluding steroid dienone is 4. The van der Waals surface area contributed by atoms with E-state index in [1.807, 2.05) is 62.5 Å². The first-order chi connectivity index (χ1) is 14.9. The third-order valence-electron chi connectivity index (χ3n) is 5.42. The molecule has 162 valence electrons. The SMILES string of the molecule is C=C/C(=C\N(C)C)c1cccc(-c2ncc(C(/C=C\C)=NC)c(NC3CC(C)C3)n2)c1. The van der Waals surface area contributed by atoms with Gasteiger partial charge in [-0.2, -0.15) is 0 Å². The highest BCUT2D eigenvalue weighted by molar-refractivity contribution is 6.11. The zero-order chi connectivity index (χ0) is 22.4. The largest absolute Gasteiger partial charge is 0.383 e. The van der Waals surface area contributed by atoms with Crippen LogP contribution >= 0.6 is 0 Å².